The number of rotatable bonds is 7. The van der Waals surface area contributed by atoms with Gasteiger partial charge in [0.1, 0.15) is 5.03 Å². The third-order valence-electron chi connectivity index (χ3n) is 5.89. The van der Waals surface area contributed by atoms with Gasteiger partial charge in [0.2, 0.25) is 5.91 Å². The quantitative estimate of drug-likeness (QED) is 0.388. The maximum Gasteiger partial charge on any atom is 0.269 e. The largest absolute Gasteiger partial charge is 0.337 e. The van der Waals surface area contributed by atoms with Crippen molar-refractivity contribution in [2.45, 2.75) is 48.6 Å². The molecular weight excluding hydrogens is 426 g/mol. The fourth-order valence-corrected chi connectivity index (χ4v) is 5.10. The average molecular weight is 452 g/mol. The average Bonchev–Trinajstić information content (AvgIpc) is 3.32. The molecular formula is C21H25N9OS. The van der Waals surface area contributed by atoms with Gasteiger partial charge in [0.05, 0.1) is 5.69 Å². The highest BCUT2D eigenvalue weighted by Crippen LogP contribution is 2.42. The van der Waals surface area contributed by atoms with Gasteiger partial charge in [-0.2, -0.15) is 5.21 Å². The molecule has 3 aromatic rings. The number of nitrogens with one attached hydrogen (secondary N) is 3. The lowest BCUT2D eigenvalue weighted by Gasteiger charge is -2.32. The van der Waals surface area contributed by atoms with Crippen molar-refractivity contribution < 1.29 is 4.79 Å². The van der Waals surface area contributed by atoms with Gasteiger partial charge >= 0.3 is 0 Å². The lowest BCUT2D eigenvalue weighted by molar-refractivity contribution is -0.116. The van der Waals surface area contributed by atoms with Crippen LogP contribution in [0.4, 0.5) is 17.5 Å². The summed E-state index contributed by atoms with van der Waals surface area (Å²) in [6, 6.07) is 6.62. The zero-order chi connectivity index (χ0) is 21.8. The van der Waals surface area contributed by atoms with Crippen LogP contribution in [0.5, 0.6) is 0 Å². The first kappa shape index (κ1) is 20.8. The number of aromatic nitrogens is 6. The van der Waals surface area contributed by atoms with Crippen molar-refractivity contribution in [3.8, 4) is 0 Å². The van der Waals surface area contributed by atoms with Crippen molar-refractivity contribution in [1.29, 1.82) is 0 Å². The predicted octanol–water partition coefficient (Wildman–Crippen LogP) is 3.22. The van der Waals surface area contributed by atoms with Crippen LogP contribution in [0, 0.1) is 5.92 Å². The normalized spacial score (nSPS) is 16.1. The molecule has 5 rings (SSSR count). The Hall–Kier alpha value is -3.05. The number of anilines is 3. The van der Waals surface area contributed by atoms with Crippen molar-refractivity contribution >= 4 is 35.1 Å². The fraction of sp³-hybridized carbons (Fsp3) is 0.429. The van der Waals surface area contributed by atoms with E-state index >= 15 is 0 Å². The van der Waals surface area contributed by atoms with Gasteiger partial charge < -0.3 is 5.32 Å². The molecule has 166 valence electrons. The highest BCUT2D eigenvalue weighted by Gasteiger charge is 2.21. The summed E-state index contributed by atoms with van der Waals surface area (Å²) >= 11 is 1.66. The minimum atomic E-state index is -0.0587. The molecule has 0 radical (unpaired) electrons. The molecule has 2 aliphatic rings. The number of fused-ring (bicyclic) bond motifs is 2. The van der Waals surface area contributed by atoms with E-state index in [1.54, 1.807) is 24.2 Å². The molecule has 1 fully saturated rings. The first-order valence-corrected chi connectivity index (χ1v) is 11.7. The van der Waals surface area contributed by atoms with Gasteiger partial charge in [-0.05, 0) is 67.6 Å². The molecule has 32 heavy (non-hydrogen) atoms. The minimum absolute atomic E-state index is 0.0587. The van der Waals surface area contributed by atoms with E-state index in [0.29, 0.717) is 12.3 Å². The van der Waals surface area contributed by atoms with Gasteiger partial charge in [-0.3, -0.25) is 15.0 Å². The zero-order valence-corrected chi connectivity index (χ0v) is 18.4. The van der Waals surface area contributed by atoms with Gasteiger partial charge in [-0.1, -0.05) is 22.9 Å². The van der Waals surface area contributed by atoms with Crippen molar-refractivity contribution in [2.24, 2.45) is 5.92 Å². The van der Waals surface area contributed by atoms with E-state index in [1.165, 1.54) is 23.3 Å². The van der Waals surface area contributed by atoms with Crippen molar-refractivity contribution in [3.05, 3.63) is 36.2 Å². The highest BCUT2D eigenvalue weighted by atomic mass is 32.2. The van der Waals surface area contributed by atoms with Crippen LogP contribution in [-0.2, 0) is 11.3 Å². The highest BCUT2D eigenvalue weighted by molar-refractivity contribution is 7.99. The molecule has 4 heterocycles. The Balaban J connectivity index is 1.06. The standard InChI is InChI=1S/C21H25N9OS/c31-18(25-21-26-28-29-27-21)3-1-2-14-6-10-30(11-7-14)13-15-4-5-17-16(12-15)24-19-20(32-17)23-9-8-22-19/h4-5,8-9,12,14H,1-3,6-7,10-11,13H2,(H,22,24)(H2,25,26,27,28,29,31). The van der Waals surface area contributed by atoms with Crippen molar-refractivity contribution in [2.75, 3.05) is 23.7 Å². The number of H-pyrrole nitrogens is 1. The molecule has 2 aliphatic heterocycles. The molecule has 3 N–H and O–H groups in total. The summed E-state index contributed by atoms with van der Waals surface area (Å²) in [5.41, 5.74) is 2.41. The van der Waals surface area contributed by atoms with Crippen LogP contribution < -0.4 is 10.6 Å². The summed E-state index contributed by atoms with van der Waals surface area (Å²) in [5.74, 6) is 1.68. The van der Waals surface area contributed by atoms with Gasteiger partial charge in [0.25, 0.3) is 5.95 Å². The minimum Gasteiger partial charge on any atom is -0.337 e. The molecule has 1 aromatic carbocycles. The van der Waals surface area contributed by atoms with E-state index in [9.17, 15) is 4.79 Å². The number of carbonyl (C=O) groups excluding carboxylic acids is 1. The summed E-state index contributed by atoms with van der Waals surface area (Å²) in [7, 11) is 0. The van der Waals surface area contributed by atoms with E-state index in [2.05, 4.69) is 64.3 Å². The lowest BCUT2D eigenvalue weighted by atomic mass is 9.91. The summed E-state index contributed by atoms with van der Waals surface area (Å²) in [5, 5.41) is 20.2. The molecule has 10 nitrogen and oxygen atoms in total. The summed E-state index contributed by atoms with van der Waals surface area (Å²) in [6.45, 7) is 3.13. The molecule has 0 aliphatic carbocycles. The second-order valence-electron chi connectivity index (χ2n) is 8.16. The molecule has 0 bridgehead atoms. The molecule has 11 heteroatoms. The number of carbonyl (C=O) groups is 1. The van der Waals surface area contributed by atoms with Crippen LogP contribution in [0.1, 0.15) is 37.7 Å². The van der Waals surface area contributed by atoms with E-state index in [-0.39, 0.29) is 11.9 Å². The molecule has 0 spiro atoms. The Morgan fingerprint density at radius 1 is 1.22 bits per heavy atom. The number of hydrogen-bond donors (Lipinski definition) is 3. The van der Waals surface area contributed by atoms with Crippen molar-refractivity contribution in [3.63, 3.8) is 0 Å². The Labute approximate surface area is 190 Å². The van der Waals surface area contributed by atoms with Crippen LogP contribution in [0.15, 0.2) is 40.5 Å². The molecule has 1 saturated heterocycles. The van der Waals surface area contributed by atoms with Crippen LogP contribution >= 0.6 is 11.8 Å². The number of aromatic amines is 1. The number of amides is 1. The van der Waals surface area contributed by atoms with E-state index in [1.807, 2.05) is 0 Å². The summed E-state index contributed by atoms with van der Waals surface area (Å²) < 4.78 is 0. The second-order valence-corrected chi connectivity index (χ2v) is 9.19. The van der Waals surface area contributed by atoms with Gasteiger partial charge in [-0.25, -0.2) is 9.97 Å². The Bertz CT molecular complexity index is 1070. The van der Waals surface area contributed by atoms with Crippen LogP contribution in [-0.4, -0.2) is 54.5 Å². The number of benzene rings is 1. The predicted molar refractivity (Wildman–Crippen MR) is 121 cm³/mol. The number of likely N-dealkylation sites (tertiary alicyclic amines) is 1. The van der Waals surface area contributed by atoms with E-state index < -0.39 is 0 Å². The monoisotopic (exact) mass is 451 g/mol. The molecule has 2 aromatic heterocycles. The van der Waals surface area contributed by atoms with Crippen molar-refractivity contribution in [1.82, 2.24) is 35.5 Å². The molecule has 1 amide bonds. The number of tetrazole rings is 1. The first-order valence-electron chi connectivity index (χ1n) is 10.9. The number of hydrogen-bond acceptors (Lipinski definition) is 9. The van der Waals surface area contributed by atoms with Crippen LogP contribution in [0.3, 0.4) is 0 Å². The first-order chi connectivity index (χ1) is 15.7. The smallest absolute Gasteiger partial charge is 0.269 e. The lowest BCUT2D eigenvalue weighted by Crippen LogP contribution is -2.33. The van der Waals surface area contributed by atoms with E-state index in [0.717, 1.165) is 49.0 Å². The Kier molecular flexibility index (Phi) is 6.26. The SMILES string of the molecule is O=C(CCCC1CCN(Cc2ccc3c(c2)Nc2nccnc2S3)CC1)Nc1nn[nH]n1. The number of piperidine rings is 1. The molecule has 0 atom stereocenters. The van der Waals surface area contributed by atoms with Crippen LogP contribution in [0.2, 0.25) is 0 Å². The third-order valence-corrected chi connectivity index (χ3v) is 6.96. The summed E-state index contributed by atoms with van der Waals surface area (Å²) in [6.07, 6.45) is 8.24. The Morgan fingerprint density at radius 2 is 2.09 bits per heavy atom. The third kappa shape index (κ3) is 5.05. The molecule has 0 saturated carbocycles. The van der Waals surface area contributed by atoms with Crippen LogP contribution in [0.25, 0.3) is 0 Å². The second kappa shape index (κ2) is 9.61. The maximum absolute atomic E-state index is 11.9. The molecule has 0 unspecified atom stereocenters. The fourth-order valence-electron chi connectivity index (χ4n) is 4.22. The van der Waals surface area contributed by atoms with Gasteiger partial charge in [0, 0.05) is 30.3 Å². The topological polar surface area (TPSA) is 125 Å². The maximum atomic E-state index is 11.9. The van der Waals surface area contributed by atoms with Gasteiger partial charge in [0.15, 0.2) is 5.82 Å². The Morgan fingerprint density at radius 3 is 2.94 bits per heavy atom. The van der Waals surface area contributed by atoms with Gasteiger partial charge in [-0.15, -0.1) is 5.10 Å². The zero-order valence-electron chi connectivity index (χ0n) is 17.6. The van der Waals surface area contributed by atoms with E-state index in [4.69, 9.17) is 0 Å². The summed E-state index contributed by atoms with van der Waals surface area (Å²) in [4.78, 5) is 24.4. The number of nitrogens with zero attached hydrogens (tertiary/aromatic N) is 6.